The van der Waals surface area contributed by atoms with Gasteiger partial charge in [0.05, 0.1) is 31.8 Å². The number of hydrogen-bond acceptors (Lipinski definition) is 3. The number of carbonyl (C=O) groups is 1. The summed E-state index contributed by atoms with van der Waals surface area (Å²) >= 11 is 0. The van der Waals surface area contributed by atoms with E-state index in [1.54, 1.807) is 4.90 Å². The molecule has 3 saturated heterocycles. The van der Waals surface area contributed by atoms with Crippen molar-refractivity contribution >= 4 is 5.97 Å². The Morgan fingerprint density at radius 2 is 1.90 bits per heavy atom. The molecule has 0 amide bonds. The van der Waals surface area contributed by atoms with E-state index in [2.05, 4.69) is 37.3 Å². The van der Waals surface area contributed by atoms with Crippen LogP contribution in [0.2, 0.25) is 0 Å². The van der Waals surface area contributed by atoms with Crippen LogP contribution in [-0.2, 0) is 20.7 Å². The van der Waals surface area contributed by atoms with Gasteiger partial charge in [0.1, 0.15) is 12.0 Å². The van der Waals surface area contributed by atoms with E-state index >= 15 is 0 Å². The number of quaternary nitrogens is 1. The van der Waals surface area contributed by atoms with Gasteiger partial charge in [0, 0.05) is 5.92 Å². The number of nitrogens with one attached hydrogen (secondary N) is 1. The molecule has 4 heteroatoms. The van der Waals surface area contributed by atoms with Crippen molar-refractivity contribution in [1.82, 2.24) is 0 Å². The largest absolute Gasteiger partial charge is 0.462 e. The summed E-state index contributed by atoms with van der Waals surface area (Å²) in [7, 11) is 0. The molecule has 6 rings (SSSR count). The fourth-order valence-electron chi connectivity index (χ4n) is 7.94. The second-order valence-electron chi connectivity index (χ2n) is 11.7. The number of carbonyl (C=O) groups excluding carboxylic acids is 1. The van der Waals surface area contributed by atoms with Gasteiger partial charge in [0.15, 0.2) is 0 Å². The molecule has 168 valence electrons. The molecule has 3 aliphatic heterocycles. The number of fused-ring (bicyclic) bond motifs is 3. The maximum absolute atomic E-state index is 12.9. The topological polar surface area (TPSA) is 43.3 Å². The molecule has 0 aromatic heterocycles. The van der Waals surface area contributed by atoms with Crippen LogP contribution < -0.4 is 4.90 Å². The van der Waals surface area contributed by atoms with Crippen LogP contribution in [0.15, 0.2) is 30.3 Å². The number of likely N-dealkylation sites (tertiary alicyclic amines) is 1. The van der Waals surface area contributed by atoms with Gasteiger partial charge >= 0.3 is 5.97 Å². The summed E-state index contributed by atoms with van der Waals surface area (Å²) in [6, 6.07) is 10.9. The molecule has 4 nitrogen and oxygen atoms in total. The number of rotatable bonds is 4. The Balaban J connectivity index is 1.08. The molecule has 0 unspecified atom stereocenters. The molecule has 2 aliphatic carbocycles. The van der Waals surface area contributed by atoms with Crippen molar-refractivity contribution in [2.75, 3.05) is 26.2 Å². The van der Waals surface area contributed by atoms with Crippen LogP contribution in [0.5, 0.6) is 0 Å². The molecule has 1 spiro atoms. The zero-order chi connectivity index (χ0) is 21.1. The smallest absolute Gasteiger partial charge is 0.315 e. The predicted molar refractivity (Wildman–Crippen MR) is 119 cm³/mol. The Morgan fingerprint density at radius 1 is 1.13 bits per heavy atom. The van der Waals surface area contributed by atoms with Crippen LogP contribution in [0.25, 0.3) is 0 Å². The normalized spacial score (nSPS) is 46.3. The third-order valence-corrected chi connectivity index (χ3v) is 9.77. The standard InChI is InChI=1S/C27H37NO3/c1-26-10-5-11-27(18-30-27)24(26)15-21-22(25(29)31-23(21)16-26)17-28-12-8-20(9-13-28)14-19-6-3-2-4-7-19/h2-4,6-7,20-24H,5,8-18H2,1H3/p+1/t21-,22-,23-,24+,26-,27-/m1/s1. The maximum atomic E-state index is 12.9. The van der Waals surface area contributed by atoms with Crippen LogP contribution in [0.3, 0.4) is 0 Å². The van der Waals surface area contributed by atoms with E-state index in [-0.39, 0.29) is 23.6 Å². The Labute approximate surface area is 186 Å². The highest BCUT2D eigenvalue weighted by atomic mass is 16.6. The first-order chi connectivity index (χ1) is 15.0. The van der Waals surface area contributed by atoms with E-state index in [1.165, 1.54) is 57.2 Å². The number of hydrogen-bond donors (Lipinski definition) is 1. The van der Waals surface area contributed by atoms with E-state index in [0.717, 1.165) is 31.9 Å². The van der Waals surface area contributed by atoms with Gasteiger partial charge in [0.2, 0.25) is 0 Å². The van der Waals surface area contributed by atoms with Crippen molar-refractivity contribution in [2.24, 2.45) is 29.1 Å². The molecule has 5 fully saturated rings. The molecule has 0 bridgehead atoms. The molecule has 3 heterocycles. The van der Waals surface area contributed by atoms with Crippen molar-refractivity contribution in [3.05, 3.63) is 35.9 Å². The van der Waals surface area contributed by atoms with Gasteiger partial charge in [-0.2, -0.15) is 0 Å². The Hall–Kier alpha value is -1.39. The average Bonchev–Trinajstić information content (AvgIpc) is 3.47. The Morgan fingerprint density at radius 3 is 2.65 bits per heavy atom. The number of ether oxygens (including phenoxy) is 2. The second kappa shape index (κ2) is 7.59. The number of esters is 1. The van der Waals surface area contributed by atoms with Gasteiger partial charge in [-0.3, -0.25) is 4.79 Å². The highest BCUT2D eigenvalue weighted by Gasteiger charge is 2.65. The van der Waals surface area contributed by atoms with Gasteiger partial charge in [-0.15, -0.1) is 0 Å². The van der Waals surface area contributed by atoms with Crippen molar-refractivity contribution in [3.63, 3.8) is 0 Å². The van der Waals surface area contributed by atoms with E-state index in [0.29, 0.717) is 17.3 Å². The minimum absolute atomic E-state index is 0.0990. The molecule has 31 heavy (non-hydrogen) atoms. The fourth-order valence-corrected chi connectivity index (χ4v) is 7.94. The average molecular weight is 425 g/mol. The van der Waals surface area contributed by atoms with Gasteiger partial charge < -0.3 is 14.4 Å². The highest BCUT2D eigenvalue weighted by Crippen LogP contribution is 2.62. The number of epoxide rings is 1. The molecule has 0 radical (unpaired) electrons. The summed E-state index contributed by atoms with van der Waals surface area (Å²) in [6.07, 6.45) is 9.87. The van der Waals surface area contributed by atoms with Gasteiger partial charge in [-0.05, 0) is 74.2 Å². The second-order valence-corrected chi connectivity index (χ2v) is 11.7. The number of piperidine rings is 1. The molecule has 1 aromatic rings. The first-order valence-electron chi connectivity index (χ1n) is 12.8. The Bertz CT molecular complexity index is 813. The van der Waals surface area contributed by atoms with Crippen LogP contribution in [0.1, 0.15) is 57.4 Å². The lowest BCUT2D eigenvalue weighted by Crippen LogP contribution is -3.14. The first-order valence-corrected chi connectivity index (χ1v) is 12.8. The van der Waals surface area contributed by atoms with Crippen molar-refractivity contribution in [3.8, 4) is 0 Å². The quantitative estimate of drug-likeness (QED) is 0.597. The van der Waals surface area contributed by atoms with Crippen molar-refractivity contribution in [1.29, 1.82) is 0 Å². The molecule has 5 aliphatic rings. The van der Waals surface area contributed by atoms with Gasteiger partial charge in [-0.25, -0.2) is 0 Å². The summed E-state index contributed by atoms with van der Waals surface area (Å²) in [5, 5.41) is 0. The van der Waals surface area contributed by atoms with E-state index < -0.39 is 0 Å². The molecule has 1 aromatic carbocycles. The van der Waals surface area contributed by atoms with Crippen LogP contribution in [-0.4, -0.2) is 43.9 Å². The molecular weight excluding hydrogens is 386 g/mol. The van der Waals surface area contributed by atoms with Crippen LogP contribution in [0, 0.1) is 29.1 Å². The van der Waals surface area contributed by atoms with E-state index in [9.17, 15) is 4.79 Å². The molecule has 6 atom stereocenters. The minimum atomic E-state index is 0.0990. The Kier molecular flexibility index (Phi) is 4.95. The van der Waals surface area contributed by atoms with Crippen LogP contribution >= 0.6 is 0 Å². The van der Waals surface area contributed by atoms with Gasteiger partial charge in [0.25, 0.3) is 0 Å². The maximum Gasteiger partial charge on any atom is 0.315 e. The summed E-state index contributed by atoms with van der Waals surface area (Å²) < 4.78 is 12.1. The predicted octanol–water partition coefficient (Wildman–Crippen LogP) is 3.05. The molecular formula is C27H38NO3+. The SMILES string of the molecule is C[C@]12CCC[C@@]3(CO3)[C@H]1C[C@H]1[C@@H](C2)OC(=O)[C@@H]1C[NH+]1CCC(Cc2ccccc2)CC1. The van der Waals surface area contributed by atoms with E-state index in [4.69, 9.17) is 9.47 Å². The molecule has 1 N–H and O–H groups in total. The lowest BCUT2D eigenvalue weighted by molar-refractivity contribution is -0.908. The summed E-state index contributed by atoms with van der Waals surface area (Å²) in [5.41, 5.74) is 1.91. The fraction of sp³-hybridized carbons (Fsp3) is 0.741. The van der Waals surface area contributed by atoms with Crippen molar-refractivity contribution in [2.45, 2.75) is 70.0 Å². The zero-order valence-corrected chi connectivity index (χ0v) is 19.0. The number of benzene rings is 1. The zero-order valence-electron chi connectivity index (χ0n) is 19.0. The van der Waals surface area contributed by atoms with Gasteiger partial charge in [-0.1, -0.05) is 37.3 Å². The molecule has 2 saturated carbocycles. The summed E-state index contributed by atoms with van der Waals surface area (Å²) in [6.45, 7) is 6.78. The highest BCUT2D eigenvalue weighted by molar-refractivity contribution is 5.75. The lowest BCUT2D eigenvalue weighted by atomic mass is 9.53. The minimum Gasteiger partial charge on any atom is -0.462 e. The monoisotopic (exact) mass is 424 g/mol. The van der Waals surface area contributed by atoms with Crippen LogP contribution in [0.4, 0.5) is 0 Å². The third kappa shape index (κ3) is 3.64. The lowest BCUT2D eigenvalue weighted by Gasteiger charge is -2.51. The summed E-state index contributed by atoms with van der Waals surface area (Å²) in [4.78, 5) is 14.6. The summed E-state index contributed by atoms with van der Waals surface area (Å²) in [5.74, 6) is 2.03. The van der Waals surface area contributed by atoms with Crippen molar-refractivity contribution < 1.29 is 19.2 Å². The van der Waals surface area contributed by atoms with E-state index in [1.807, 2.05) is 0 Å². The first kappa shape index (κ1) is 20.2. The third-order valence-electron chi connectivity index (χ3n) is 9.77.